The summed E-state index contributed by atoms with van der Waals surface area (Å²) in [5, 5.41) is 0. The van der Waals surface area contributed by atoms with Crippen LogP contribution in [0.25, 0.3) is 0 Å². The van der Waals surface area contributed by atoms with Gasteiger partial charge in [-0.05, 0) is 19.3 Å². The van der Waals surface area contributed by atoms with E-state index in [0.29, 0.717) is 12.8 Å². The zero-order valence-corrected chi connectivity index (χ0v) is 10.4. The minimum Gasteiger partial charge on any atom is -0.356 e. The van der Waals surface area contributed by atoms with E-state index >= 15 is 0 Å². The molecule has 0 fully saturated rings. The number of ketones is 1. The molecule has 0 amide bonds. The Morgan fingerprint density at radius 3 is 2.44 bits per heavy atom. The number of carbonyl (C=O) groups is 1. The lowest BCUT2D eigenvalue weighted by atomic mass is 10.1. The summed E-state index contributed by atoms with van der Waals surface area (Å²) < 4.78 is 24.4. The van der Waals surface area contributed by atoms with E-state index in [1.54, 1.807) is 14.2 Å². The van der Waals surface area contributed by atoms with Crippen LogP contribution in [0.5, 0.6) is 0 Å². The van der Waals surface area contributed by atoms with Crippen molar-refractivity contribution >= 4 is 14.0 Å². The maximum absolute atomic E-state index is 11.1. The van der Waals surface area contributed by atoms with Gasteiger partial charge in [0.1, 0.15) is 0 Å². The molecule has 0 rings (SSSR count). The highest BCUT2D eigenvalue weighted by molar-refractivity contribution is 7.32. The van der Waals surface area contributed by atoms with E-state index in [2.05, 4.69) is 4.52 Å². The van der Waals surface area contributed by atoms with Crippen molar-refractivity contribution in [3.8, 4) is 0 Å². The van der Waals surface area contributed by atoms with Crippen LogP contribution in [0.15, 0.2) is 0 Å². The van der Waals surface area contributed by atoms with Gasteiger partial charge in [0.05, 0.1) is 0 Å². The van der Waals surface area contributed by atoms with Crippen LogP contribution < -0.4 is 0 Å². The van der Waals surface area contributed by atoms with E-state index < -0.39 is 8.25 Å². The van der Waals surface area contributed by atoms with Gasteiger partial charge in [0.2, 0.25) is 0 Å². The minimum atomic E-state index is -2.68. The lowest BCUT2D eigenvalue weighted by Gasteiger charge is -2.12. The molecule has 1 atom stereocenters. The molecule has 94 valence electrons. The summed E-state index contributed by atoms with van der Waals surface area (Å²) in [7, 11) is 0.443. The van der Waals surface area contributed by atoms with Crippen molar-refractivity contribution < 1.29 is 28.3 Å². The summed E-state index contributed by atoms with van der Waals surface area (Å²) in [6, 6.07) is 0. The van der Waals surface area contributed by atoms with E-state index in [-0.39, 0.29) is 18.7 Å². The van der Waals surface area contributed by atoms with Gasteiger partial charge in [0.15, 0.2) is 18.7 Å². The largest absolute Gasteiger partial charge is 0.695 e. The number of carbonyl (C=O) groups excluding carboxylic acids is 1. The van der Waals surface area contributed by atoms with E-state index in [1.165, 1.54) is 0 Å². The number of hydrogen-bond acceptors (Lipinski definition) is 5. The van der Waals surface area contributed by atoms with Crippen LogP contribution in [-0.4, -0.2) is 37.8 Å². The van der Waals surface area contributed by atoms with Crippen molar-refractivity contribution in [2.45, 2.75) is 32.0 Å². The Balaban J connectivity index is 3.43. The van der Waals surface area contributed by atoms with Gasteiger partial charge in [0.25, 0.3) is 0 Å². The lowest BCUT2D eigenvalue weighted by molar-refractivity contribution is -0.121. The monoisotopic (exact) mass is 253 g/mol. The van der Waals surface area contributed by atoms with Gasteiger partial charge < -0.3 is 9.47 Å². The van der Waals surface area contributed by atoms with Crippen molar-refractivity contribution in [3.05, 3.63) is 0 Å². The Kier molecular flexibility index (Phi) is 9.57. The molecule has 0 aliphatic carbocycles. The van der Waals surface area contributed by atoms with Gasteiger partial charge in [-0.1, -0.05) is 0 Å². The normalized spacial score (nSPS) is 11.9. The first-order valence-electron chi connectivity index (χ1n) is 4.96. The number of unbranched alkanes of at least 4 members (excludes halogenated alkanes) is 1. The van der Waals surface area contributed by atoms with Crippen LogP contribution in [0.2, 0.25) is 0 Å². The zero-order chi connectivity index (χ0) is 12.4. The SMILES string of the molecule is COC(CCCCC(=O)CO[P+](=O)O)OC. The van der Waals surface area contributed by atoms with E-state index in [9.17, 15) is 9.36 Å². The number of rotatable bonds is 10. The summed E-state index contributed by atoms with van der Waals surface area (Å²) in [5.41, 5.74) is 0. The molecule has 0 aliphatic rings. The average Bonchev–Trinajstić information content (AvgIpc) is 2.26. The quantitative estimate of drug-likeness (QED) is 0.360. The Morgan fingerprint density at radius 1 is 1.31 bits per heavy atom. The van der Waals surface area contributed by atoms with Crippen molar-refractivity contribution in [2.24, 2.45) is 0 Å². The second-order valence-electron chi connectivity index (χ2n) is 3.20. The molecule has 0 heterocycles. The molecule has 16 heavy (non-hydrogen) atoms. The number of ether oxygens (including phenoxy) is 2. The summed E-state index contributed by atoms with van der Waals surface area (Å²) in [5.74, 6) is -0.177. The minimum absolute atomic E-state index is 0.177. The first-order valence-corrected chi connectivity index (χ1v) is 6.09. The standard InChI is InChI=1S/C9H17O6P/c1-13-9(14-2)6-4-3-5-8(10)7-15-16(11)12/h9H,3-7H2,1-2H3/p+1. The molecule has 1 N–H and O–H groups in total. The van der Waals surface area contributed by atoms with Gasteiger partial charge in [0, 0.05) is 25.2 Å². The van der Waals surface area contributed by atoms with Crippen LogP contribution in [-0.2, 0) is 23.4 Å². The van der Waals surface area contributed by atoms with Crippen molar-refractivity contribution in [1.29, 1.82) is 0 Å². The maximum atomic E-state index is 11.1. The van der Waals surface area contributed by atoms with E-state index in [1.807, 2.05) is 0 Å². The molecule has 6 nitrogen and oxygen atoms in total. The fraction of sp³-hybridized carbons (Fsp3) is 0.889. The fourth-order valence-corrected chi connectivity index (χ4v) is 1.42. The first-order chi connectivity index (χ1) is 7.60. The maximum Gasteiger partial charge on any atom is 0.695 e. The highest BCUT2D eigenvalue weighted by Gasteiger charge is 2.15. The van der Waals surface area contributed by atoms with Crippen molar-refractivity contribution in [3.63, 3.8) is 0 Å². The molecule has 1 unspecified atom stereocenters. The molecular weight excluding hydrogens is 235 g/mol. The Bertz CT molecular complexity index is 216. The number of hydrogen-bond donors (Lipinski definition) is 1. The molecule has 0 spiro atoms. The lowest BCUT2D eigenvalue weighted by Crippen LogP contribution is -2.13. The second kappa shape index (κ2) is 9.81. The molecule has 0 aromatic rings. The number of methoxy groups -OCH3 is 2. The number of Topliss-reactive ketones (excluding diaryl/α,β-unsaturated/α-hetero) is 1. The summed E-state index contributed by atoms with van der Waals surface area (Å²) in [6.07, 6.45) is 2.30. The van der Waals surface area contributed by atoms with Gasteiger partial charge >= 0.3 is 8.25 Å². The Hall–Kier alpha value is -0.390. The molecule has 0 saturated carbocycles. The summed E-state index contributed by atoms with van der Waals surface area (Å²) >= 11 is 0. The predicted molar refractivity (Wildman–Crippen MR) is 57.1 cm³/mol. The molecule has 0 saturated heterocycles. The third-order valence-corrected chi connectivity index (χ3v) is 2.36. The predicted octanol–water partition coefficient (Wildman–Crippen LogP) is 1.40. The molecule has 0 radical (unpaired) electrons. The van der Waals surface area contributed by atoms with E-state index in [4.69, 9.17) is 14.4 Å². The first kappa shape index (κ1) is 15.6. The topological polar surface area (TPSA) is 82.1 Å². The molecule has 0 aromatic heterocycles. The van der Waals surface area contributed by atoms with Crippen LogP contribution in [0, 0.1) is 0 Å². The van der Waals surface area contributed by atoms with Gasteiger partial charge in [-0.2, -0.15) is 0 Å². The van der Waals surface area contributed by atoms with Crippen molar-refractivity contribution in [1.82, 2.24) is 0 Å². The molecule has 7 heteroatoms. The highest BCUT2D eigenvalue weighted by atomic mass is 31.1. The van der Waals surface area contributed by atoms with Gasteiger partial charge in [-0.15, -0.1) is 9.42 Å². The van der Waals surface area contributed by atoms with Gasteiger partial charge in [-0.3, -0.25) is 4.79 Å². The van der Waals surface area contributed by atoms with Crippen molar-refractivity contribution in [2.75, 3.05) is 20.8 Å². The second-order valence-corrected chi connectivity index (χ2v) is 3.93. The van der Waals surface area contributed by atoms with E-state index in [0.717, 1.165) is 12.8 Å². The Labute approximate surface area is 95.8 Å². The summed E-state index contributed by atoms with van der Waals surface area (Å²) in [4.78, 5) is 19.4. The highest BCUT2D eigenvalue weighted by Crippen LogP contribution is 2.14. The molecule has 0 aliphatic heterocycles. The fourth-order valence-electron chi connectivity index (χ4n) is 1.16. The average molecular weight is 253 g/mol. The van der Waals surface area contributed by atoms with Crippen LogP contribution in [0.3, 0.4) is 0 Å². The van der Waals surface area contributed by atoms with Crippen LogP contribution in [0.1, 0.15) is 25.7 Å². The van der Waals surface area contributed by atoms with Gasteiger partial charge in [-0.25, -0.2) is 0 Å². The molecule has 0 aromatic carbocycles. The molecular formula is C9H18O6P+. The Morgan fingerprint density at radius 2 is 1.94 bits per heavy atom. The van der Waals surface area contributed by atoms with Crippen LogP contribution in [0.4, 0.5) is 0 Å². The zero-order valence-electron chi connectivity index (χ0n) is 9.55. The third-order valence-electron chi connectivity index (χ3n) is 2.01. The summed E-state index contributed by atoms with van der Waals surface area (Å²) in [6.45, 7) is -0.302. The molecule has 0 bridgehead atoms. The third kappa shape index (κ3) is 8.88. The smallest absolute Gasteiger partial charge is 0.356 e. The van der Waals surface area contributed by atoms with Crippen LogP contribution >= 0.6 is 8.25 Å².